The van der Waals surface area contributed by atoms with Crippen molar-refractivity contribution in [2.75, 3.05) is 19.7 Å². The number of hydrogen-bond donors (Lipinski definition) is 0. The largest absolute Gasteiger partial charge is 0.492 e. The van der Waals surface area contributed by atoms with Crippen molar-refractivity contribution in [3.05, 3.63) is 48.3 Å². The van der Waals surface area contributed by atoms with E-state index in [9.17, 15) is 4.79 Å². The Labute approximate surface area is 135 Å². The molecule has 0 radical (unpaired) electrons. The van der Waals surface area contributed by atoms with E-state index >= 15 is 0 Å². The predicted molar refractivity (Wildman–Crippen MR) is 86.2 cm³/mol. The summed E-state index contributed by atoms with van der Waals surface area (Å²) in [7, 11) is 0. The number of carbonyl (C=O) groups is 1. The Balaban J connectivity index is 1.45. The highest BCUT2D eigenvalue weighted by Gasteiger charge is 2.32. The van der Waals surface area contributed by atoms with Crippen molar-refractivity contribution < 1.29 is 9.53 Å². The van der Waals surface area contributed by atoms with E-state index in [4.69, 9.17) is 4.74 Å². The number of aromatic nitrogens is 2. The highest BCUT2D eigenvalue weighted by molar-refractivity contribution is 5.80. The molecule has 2 aliphatic rings. The van der Waals surface area contributed by atoms with Gasteiger partial charge in [0.1, 0.15) is 12.4 Å². The summed E-state index contributed by atoms with van der Waals surface area (Å²) in [6.07, 6.45) is 6.67. The van der Waals surface area contributed by atoms with E-state index < -0.39 is 0 Å². The first-order valence-corrected chi connectivity index (χ1v) is 8.30. The Kier molecular flexibility index (Phi) is 3.77. The van der Waals surface area contributed by atoms with Crippen molar-refractivity contribution >= 4 is 5.91 Å². The molecule has 2 atom stereocenters. The average Bonchev–Trinajstić information content (AvgIpc) is 3.15. The predicted octanol–water partition coefficient (Wildman–Crippen LogP) is 2.30. The second-order valence-electron chi connectivity index (χ2n) is 6.39. The molecular weight excluding hydrogens is 290 g/mol. The first-order valence-electron chi connectivity index (χ1n) is 8.30. The molecule has 0 aliphatic carbocycles. The van der Waals surface area contributed by atoms with Gasteiger partial charge in [0.15, 0.2) is 0 Å². The molecule has 0 spiro atoms. The number of piperidine rings is 1. The van der Waals surface area contributed by atoms with E-state index in [2.05, 4.69) is 11.2 Å². The van der Waals surface area contributed by atoms with Crippen LogP contribution >= 0.6 is 0 Å². The molecule has 0 bridgehead atoms. The van der Waals surface area contributed by atoms with Crippen molar-refractivity contribution in [2.24, 2.45) is 5.92 Å². The van der Waals surface area contributed by atoms with E-state index in [-0.39, 0.29) is 11.8 Å². The molecule has 0 unspecified atom stereocenters. The van der Waals surface area contributed by atoms with E-state index in [1.165, 1.54) is 0 Å². The summed E-state index contributed by atoms with van der Waals surface area (Å²) in [5.74, 6) is 1.07. The van der Waals surface area contributed by atoms with E-state index in [0.717, 1.165) is 43.7 Å². The van der Waals surface area contributed by atoms with Gasteiger partial charge in [0.25, 0.3) is 0 Å². The Morgan fingerprint density at radius 3 is 3.04 bits per heavy atom. The lowest BCUT2D eigenvalue weighted by atomic mass is 9.94. The van der Waals surface area contributed by atoms with Gasteiger partial charge in [-0.2, -0.15) is 5.10 Å². The van der Waals surface area contributed by atoms with Crippen LogP contribution in [0.15, 0.2) is 42.7 Å². The number of fused-ring (bicyclic) bond motifs is 1. The van der Waals surface area contributed by atoms with Crippen molar-refractivity contribution in [1.29, 1.82) is 0 Å². The van der Waals surface area contributed by atoms with Crippen LogP contribution in [0, 0.1) is 5.92 Å². The van der Waals surface area contributed by atoms with Crippen molar-refractivity contribution in [2.45, 2.75) is 25.3 Å². The van der Waals surface area contributed by atoms with Gasteiger partial charge in [-0.15, -0.1) is 0 Å². The summed E-state index contributed by atoms with van der Waals surface area (Å²) in [6.45, 7) is 2.08. The van der Waals surface area contributed by atoms with Gasteiger partial charge < -0.3 is 9.64 Å². The maximum atomic E-state index is 12.9. The number of amides is 1. The van der Waals surface area contributed by atoms with Gasteiger partial charge in [-0.3, -0.25) is 9.48 Å². The molecule has 0 saturated carbocycles. The fraction of sp³-hybridized carbons (Fsp3) is 0.444. The summed E-state index contributed by atoms with van der Waals surface area (Å²) in [4.78, 5) is 14.9. The zero-order valence-electron chi connectivity index (χ0n) is 13.1. The van der Waals surface area contributed by atoms with Crippen LogP contribution in [0.3, 0.4) is 0 Å². The summed E-state index contributed by atoms with van der Waals surface area (Å²) in [5.41, 5.74) is 1.14. The zero-order valence-corrected chi connectivity index (χ0v) is 13.1. The van der Waals surface area contributed by atoms with Gasteiger partial charge in [0, 0.05) is 25.5 Å². The summed E-state index contributed by atoms with van der Waals surface area (Å²) < 4.78 is 7.76. The summed E-state index contributed by atoms with van der Waals surface area (Å²) in [6, 6.07) is 10.2. The lowest BCUT2D eigenvalue weighted by molar-refractivity contribution is -0.138. The van der Waals surface area contributed by atoms with Gasteiger partial charge in [-0.25, -0.2) is 0 Å². The fourth-order valence-electron chi connectivity index (χ4n) is 3.61. The molecule has 0 N–H and O–H groups in total. The molecule has 2 aliphatic heterocycles. The van der Waals surface area contributed by atoms with E-state index in [1.54, 1.807) is 6.20 Å². The number of para-hydroxylation sites is 1. The van der Waals surface area contributed by atoms with Gasteiger partial charge in [-0.1, -0.05) is 18.2 Å². The molecule has 120 valence electrons. The Bertz CT molecular complexity index is 683. The van der Waals surface area contributed by atoms with Crippen LogP contribution in [0.1, 0.15) is 24.4 Å². The second kappa shape index (κ2) is 6.07. The van der Waals surface area contributed by atoms with Crippen molar-refractivity contribution in [1.82, 2.24) is 14.7 Å². The molecule has 2 aromatic rings. The monoisotopic (exact) mass is 311 g/mol. The zero-order chi connectivity index (χ0) is 15.6. The summed E-state index contributed by atoms with van der Waals surface area (Å²) in [5, 5.41) is 4.33. The minimum absolute atomic E-state index is 0.0683. The van der Waals surface area contributed by atoms with Crippen LogP contribution in [-0.4, -0.2) is 40.3 Å². The third-order valence-electron chi connectivity index (χ3n) is 4.84. The third kappa shape index (κ3) is 2.83. The minimum Gasteiger partial charge on any atom is -0.492 e. The number of rotatable bonds is 2. The van der Waals surface area contributed by atoms with Crippen LogP contribution in [-0.2, 0) is 11.2 Å². The molecular formula is C18H21N3O2. The maximum Gasteiger partial charge on any atom is 0.229 e. The number of ether oxygens (including phenoxy) is 1. The third-order valence-corrected chi connectivity index (χ3v) is 4.84. The van der Waals surface area contributed by atoms with Crippen molar-refractivity contribution in [3.8, 4) is 5.75 Å². The molecule has 1 amide bonds. The van der Waals surface area contributed by atoms with Crippen LogP contribution in [0.4, 0.5) is 0 Å². The number of carbonyl (C=O) groups excluding carboxylic acids is 1. The number of benzene rings is 1. The highest BCUT2D eigenvalue weighted by atomic mass is 16.5. The Hall–Kier alpha value is -2.30. The Morgan fingerprint density at radius 1 is 1.26 bits per heavy atom. The number of likely N-dealkylation sites (tertiary alicyclic amines) is 1. The Morgan fingerprint density at radius 2 is 2.17 bits per heavy atom. The molecule has 23 heavy (non-hydrogen) atoms. The topological polar surface area (TPSA) is 47.4 Å². The minimum atomic E-state index is -0.0683. The first-order chi connectivity index (χ1) is 11.3. The first kappa shape index (κ1) is 14.3. The molecule has 1 fully saturated rings. The van der Waals surface area contributed by atoms with Crippen LogP contribution in [0.25, 0.3) is 0 Å². The lowest BCUT2D eigenvalue weighted by Crippen LogP contribution is -2.46. The smallest absolute Gasteiger partial charge is 0.229 e. The van der Waals surface area contributed by atoms with E-state index in [0.29, 0.717) is 12.6 Å². The maximum absolute atomic E-state index is 12.9. The van der Waals surface area contributed by atoms with Gasteiger partial charge in [-0.05, 0) is 37.0 Å². The SMILES string of the molecule is O=C([C@@H]1COc2ccccc2C1)N1CCC[C@H](n2cccn2)C1. The van der Waals surface area contributed by atoms with Gasteiger partial charge in [0.05, 0.1) is 12.0 Å². The lowest BCUT2D eigenvalue weighted by Gasteiger charge is -2.36. The summed E-state index contributed by atoms with van der Waals surface area (Å²) >= 11 is 0. The highest BCUT2D eigenvalue weighted by Crippen LogP contribution is 2.29. The van der Waals surface area contributed by atoms with Crippen LogP contribution in [0.2, 0.25) is 0 Å². The molecule has 3 heterocycles. The molecule has 4 rings (SSSR count). The number of nitrogens with zero attached hydrogens (tertiary/aromatic N) is 3. The second-order valence-corrected chi connectivity index (χ2v) is 6.39. The van der Waals surface area contributed by atoms with Crippen molar-refractivity contribution in [3.63, 3.8) is 0 Å². The molecule has 5 nitrogen and oxygen atoms in total. The molecule has 5 heteroatoms. The van der Waals surface area contributed by atoms with Crippen LogP contribution in [0.5, 0.6) is 5.75 Å². The molecule has 1 saturated heterocycles. The van der Waals surface area contributed by atoms with Gasteiger partial charge >= 0.3 is 0 Å². The average molecular weight is 311 g/mol. The quantitative estimate of drug-likeness (QED) is 0.855. The fourth-order valence-corrected chi connectivity index (χ4v) is 3.61. The normalized spacial score (nSPS) is 23.9. The molecule has 1 aromatic heterocycles. The van der Waals surface area contributed by atoms with Crippen LogP contribution < -0.4 is 4.74 Å². The standard InChI is InChI=1S/C18H21N3O2/c22-18(15-11-14-5-1-2-7-17(14)23-13-15)20-9-3-6-16(12-20)21-10-4-8-19-21/h1-2,4-5,7-8,10,15-16H,3,6,9,11-13H2/t15-,16-/m0/s1. The molecule has 1 aromatic carbocycles. The van der Waals surface area contributed by atoms with E-state index in [1.807, 2.05) is 40.0 Å². The van der Waals surface area contributed by atoms with Gasteiger partial charge in [0.2, 0.25) is 5.91 Å². The number of hydrogen-bond acceptors (Lipinski definition) is 3.